The molecule has 0 bridgehead atoms. The summed E-state index contributed by atoms with van der Waals surface area (Å²) in [5.74, 6) is -0.375. The van der Waals surface area contributed by atoms with Crippen LogP contribution in [0.1, 0.15) is 29.6 Å². The molecule has 2 saturated heterocycles. The Balaban J connectivity index is 1.55. The Kier molecular flexibility index (Phi) is 6.27. The van der Waals surface area contributed by atoms with Crippen molar-refractivity contribution in [2.45, 2.75) is 31.4 Å². The van der Waals surface area contributed by atoms with Gasteiger partial charge in [-0.3, -0.25) is 14.6 Å². The third-order valence-electron chi connectivity index (χ3n) is 5.78. The number of carbonyl (C=O) groups excluding carboxylic acids is 2. The molecule has 8 heteroatoms. The Morgan fingerprint density at radius 2 is 1.84 bits per heavy atom. The first-order chi connectivity index (χ1) is 15.1. The van der Waals surface area contributed by atoms with Crippen molar-refractivity contribution >= 4 is 17.5 Å². The van der Waals surface area contributed by atoms with Gasteiger partial charge in [-0.05, 0) is 48.2 Å². The number of β-amino-alcohol motifs (C(OH)–C–C–N with tert-alkyl or cyclic N) is 1. The maximum Gasteiger partial charge on any atom is 0.254 e. The molecule has 2 aromatic rings. The molecule has 2 fully saturated rings. The number of aliphatic hydroxyl groups excluding tert-OH is 1. The van der Waals surface area contributed by atoms with Crippen molar-refractivity contribution in [3.8, 4) is 11.1 Å². The molecular formula is C23H26N4O4. The molecule has 1 aromatic carbocycles. The summed E-state index contributed by atoms with van der Waals surface area (Å²) in [4.78, 5) is 38.6. The molecule has 1 N–H and O–H groups in total. The highest BCUT2D eigenvalue weighted by Gasteiger charge is 2.41. The van der Waals surface area contributed by atoms with Gasteiger partial charge in [0.25, 0.3) is 5.91 Å². The molecule has 0 radical (unpaired) electrons. The van der Waals surface area contributed by atoms with E-state index in [1.807, 2.05) is 24.3 Å². The average Bonchev–Trinajstić information content (AvgIpc) is 3.23. The Morgan fingerprint density at radius 1 is 1.13 bits per heavy atom. The summed E-state index contributed by atoms with van der Waals surface area (Å²) in [5.41, 5.74) is 3.16. The van der Waals surface area contributed by atoms with Crippen molar-refractivity contribution in [1.82, 2.24) is 14.8 Å². The Hall–Kier alpha value is -3.26. The van der Waals surface area contributed by atoms with Gasteiger partial charge in [0.1, 0.15) is 13.2 Å². The lowest BCUT2D eigenvalue weighted by Gasteiger charge is -2.34. The van der Waals surface area contributed by atoms with Crippen LogP contribution < -0.4 is 0 Å². The second kappa shape index (κ2) is 9.26. The number of carbonyl (C=O) groups is 2. The Bertz CT molecular complexity index is 961. The highest BCUT2D eigenvalue weighted by atomic mass is 16.6. The van der Waals surface area contributed by atoms with Crippen LogP contribution in [0.15, 0.2) is 53.9 Å². The molecule has 31 heavy (non-hydrogen) atoms. The zero-order valence-corrected chi connectivity index (χ0v) is 17.5. The van der Waals surface area contributed by atoms with Crippen LogP contribution in [-0.2, 0) is 9.63 Å². The van der Waals surface area contributed by atoms with E-state index >= 15 is 0 Å². The summed E-state index contributed by atoms with van der Waals surface area (Å²) in [7, 11) is 1.45. The first-order valence-electron chi connectivity index (χ1n) is 10.4. The molecule has 1 aromatic heterocycles. The van der Waals surface area contributed by atoms with E-state index in [9.17, 15) is 14.7 Å². The van der Waals surface area contributed by atoms with E-state index in [4.69, 9.17) is 4.84 Å². The summed E-state index contributed by atoms with van der Waals surface area (Å²) >= 11 is 0. The van der Waals surface area contributed by atoms with Gasteiger partial charge in [0, 0.05) is 37.5 Å². The predicted octanol–water partition coefficient (Wildman–Crippen LogP) is 1.95. The number of aromatic nitrogens is 1. The van der Waals surface area contributed by atoms with Gasteiger partial charge in [-0.1, -0.05) is 17.3 Å². The van der Waals surface area contributed by atoms with Crippen LogP contribution in [0.25, 0.3) is 11.1 Å². The minimum atomic E-state index is -0.647. The van der Waals surface area contributed by atoms with E-state index in [1.54, 1.807) is 34.3 Å². The molecular weight excluding hydrogens is 396 g/mol. The van der Waals surface area contributed by atoms with E-state index in [2.05, 4.69) is 10.1 Å². The van der Waals surface area contributed by atoms with Gasteiger partial charge < -0.3 is 19.7 Å². The maximum atomic E-state index is 13.3. The van der Waals surface area contributed by atoms with E-state index in [0.29, 0.717) is 37.2 Å². The number of amides is 2. The number of hydrogen-bond acceptors (Lipinski definition) is 6. The molecule has 1 unspecified atom stereocenters. The smallest absolute Gasteiger partial charge is 0.254 e. The fourth-order valence-electron chi connectivity index (χ4n) is 4.22. The van der Waals surface area contributed by atoms with Crippen molar-refractivity contribution in [1.29, 1.82) is 0 Å². The fraction of sp³-hybridized carbons (Fsp3) is 0.391. The number of hydrogen-bond donors (Lipinski definition) is 1. The van der Waals surface area contributed by atoms with E-state index in [1.165, 1.54) is 7.11 Å². The third kappa shape index (κ3) is 4.59. The molecule has 2 amide bonds. The van der Waals surface area contributed by atoms with Gasteiger partial charge in [0.05, 0.1) is 18.4 Å². The molecule has 2 aliphatic rings. The Labute approximate surface area is 181 Å². The summed E-state index contributed by atoms with van der Waals surface area (Å²) in [6.45, 7) is 1.13. The van der Waals surface area contributed by atoms with Crippen LogP contribution in [0.4, 0.5) is 0 Å². The lowest BCUT2D eigenvalue weighted by molar-refractivity contribution is -0.138. The van der Waals surface area contributed by atoms with Crippen molar-refractivity contribution in [3.05, 3.63) is 54.4 Å². The normalized spacial score (nSPS) is 22.6. The number of benzene rings is 1. The monoisotopic (exact) mass is 422 g/mol. The largest absolute Gasteiger partial charge is 0.399 e. The molecule has 8 nitrogen and oxygen atoms in total. The van der Waals surface area contributed by atoms with E-state index < -0.39 is 12.1 Å². The number of rotatable bonds is 4. The maximum absolute atomic E-state index is 13.3. The third-order valence-corrected chi connectivity index (χ3v) is 5.78. The number of nitrogens with zero attached hydrogens (tertiary/aromatic N) is 4. The SMILES string of the molecule is CON=C1C[C@@H](C(=O)N2CCCC(O)C2)N(C(=O)c2ccc(-c3ccncc3)cc2)C1. The van der Waals surface area contributed by atoms with Crippen LogP contribution >= 0.6 is 0 Å². The summed E-state index contributed by atoms with van der Waals surface area (Å²) < 4.78 is 0. The molecule has 2 atom stereocenters. The minimum Gasteiger partial charge on any atom is -0.399 e. The highest BCUT2D eigenvalue weighted by Crippen LogP contribution is 2.24. The fourth-order valence-corrected chi connectivity index (χ4v) is 4.22. The standard InChI is InChI=1S/C23H26N4O4/c1-31-25-19-13-21(23(30)26-12-2-3-20(28)15-26)27(14-19)22(29)18-6-4-16(5-7-18)17-8-10-24-11-9-17/h4-11,20-21,28H,2-3,12-15H2,1H3/t20?,21-/m0/s1. The van der Waals surface area contributed by atoms with Crippen molar-refractivity contribution in [2.24, 2.45) is 5.16 Å². The number of aliphatic hydroxyl groups is 1. The van der Waals surface area contributed by atoms with Gasteiger partial charge in [0.2, 0.25) is 5.91 Å². The molecule has 0 spiro atoms. The minimum absolute atomic E-state index is 0.151. The lowest BCUT2D eigenvalue weighted by atomic mass is 10.0. The zero-order chi connectivity index (χ0) is 21.8. The van der Waals surface area contributed by atoms with Crippen LogP contribution in [0.3, 0.4) is 0 Å². The number of pyridine rings is 1. The number of piperidine rings is 1. The topological polar surface area (TPSA) is 95.3 Å². The van der Waals surface area contributed by atoms with Crippen molar-refractivity contribution in [2.75, 3.05) is 26.7 Å². The molecule has 0 saturated carbocycles. The quantitative estimate of drug-likeness (QED) is 0.760. The van der Waals surface area contributed by atoms with Crippen LogP contribution in [-0.4, -0.2) is 76.3 Å². The predicted molar refractivity (Wildman–Crippen MR) is 115 cm³/mol. The summed E-state index contributed by atoms with van der Waals surface area (Å²) in [6.07, 6.45) is 4.71. The molecule has 162 valence electrons. The lowest BCUT2D eigenvalue weighted by Crippen LogP contribution is -2.51. The van der Waals surface area contributed by atoms with Gasteiger partial charge >= 0.3 is 0 Å². The summed E-state index contributed by atoms with van der Waals surface area (Å²) in [5, 5.41) is 14.0. The highest BCUT2D eigenvalue weighted by molar-refractivity contribution is 6.05. The molecule has 2 aliphatic heterocycles. The Morgan fingerprint density at radius 3 is 2.52 bits per heavy atom. The summed E-state index contributed by atoms with van der Waals surface area (Å²) in [6, 6.07) is 10.5. The van der Waals surface area contributed by atoms with E-state index in [0.717, 1.165) is 17.5 Å². The van der Waals surface area contributed by atoms with Gasteiger partial charge in [-0.2, -0.15) is 0 Å². The average molecular weight is 422 g/mol. The molecule has 4 rings (SSSR count). The van der Waals surface area contributed by atoms with Gasteiger partial charge in [0.15, 0.2) is 0 Å². The van der Waals surface area contributed by atoms with Crippen LogP contribution in [0.2, 0.25) is 0 Å². The van der Waals surface area contributed by atoms with Crippen molar-refractivity contribution in [3.63, 3.8) is 0 Å². The van der Waals surface area contributed by atoms with Gasteiger partial charge in [-0.25, -0.2) is 0 Å². The number of oxime groups is 1. The van der Waals surface area contributed by atoms with Crippen LogP contribution in [0, 0.1) is 0 Å². The number of likely N-dealkylation sites (tertiary alicyclic amines) is 2. The van der Waals surface area contributed by atoms with E-state index in [-0.39, 0.29) is 18.4 Å². The first-order valence-corrected chi connectivity index (χ1v) is 10.4. The van der Waals surface area contributed by atoms with Crippen molar-refractivity contribution < 1.29 is 19.5 Å². The second-order valence-electron chi connectivity index (χ2n) is 7.89. The molecule has 0 aliphatic carbocycles. The second-order valence-corrected chi connectivity index (χ2v) is 7.89. The van der Waals surface area contributed by atoms with Gasteiger partial charge in [-0.15, -0.1) is 0 Å². The molecule has 3 heterocycles. The van der Waals surface area contributed by atoms with Crippen LogP contribution in [0.5, 0.6) is 0 Å². The first kappa shape index (κ1) is 21.0. The zero-order valence-electron chi connectivity index (χ0n) is 17.5.